The van der Waals surface area contributed by atoms with Crippen LogP contribution < -0.4 is 4.74 Å². The Bertz CT molecular complexity index is 437. The quantitative estimate of drug-likeness (QED) is 0.348. The number of hydrogen-bond donors (Lipinski definition) is 0. The summed E-state index contributed by atoms with van der Waals surface area (Å²) >= 11 is 0. The Labute approximate surface area is 105 Å². The first-order chi connectivity index (χ1) is 8.65. The van der Waals surface area contributed by atoms with Crippen molar-refractivity contribution in [2.45, 2.75) is 32.1 Å². The highest BCUT2D eigenvalue weighted by atomic mass is 16.6. The van der Waals surface area contributed by atoms with E-state index < -0.39 is 4.92 Å². The van der Waals surface area contributed by atoms with E-state index >= 15 is 0 Å². The Morgan fingerprint density at radius 2 is 2.00 bits per heavy atom. The van der Waals surface area contributed by atoms with Crippen molar-refractivity contribution in [3.63, 3.8) is 0 Å². The molecule has 1 aromatic carbocycles. The Hall–Kier alpha value is -1.91. The number of ether oxygens (including phenoxy) is 1. The summed E-state index contributed by atoms with van der Waals surface area (Å²) in [5.41, 5.74) is -0.00994. The van der Waals surface area contributed by atoms with Gasteiger partial charge in [-0.25, -0.2) is 0 Å². The molecule has 2 rings (SSSR count). The molecular formula is C13H15NO4. The van der Waals surface area contributed by atoms with Crippen LogP contribution in [-0.4, -0.2) is 10.9 Å². The molecule has 0 atom stereocenters. The zero-order valence-electron chi connectivity index (χ0n) is 10.0. The average molecular weight is 249 g/mol. The summed E-state index contributed by atoms with van der Waals surface area (Å²) in [4.78, 5) is 21.5. The summed E-state index contributed by atoms with van der Waals surface area (Å²) < 4.78 is 5.11. The van der Waals surface area contributed by atoms with E-state index in [4.69, 9.17) is 4.74 Å². The number of nitrogens with zero attached hydrogens (tertiary/aromatic N) is 1. The number of non-ortho nitro benzene ring substituents is 1. The first-order valence-corrected chi connectivity index (χ1v) is 6.10. The topological polar surface area (TPSA) is 69.4 Å². The van der Waals surface area contributed by atoms with E-state index in [1.165, 1.54) is 43.5 Å². The van der Waals surface area contributed by atoms with Crippen LogP contribution in [0.5, 0.6) is 5.75 Å². The summed E-state index contributed by atoms with van der Waals surface area (Å²) in [6.45, 7) is 0. The third-order valence-corrected chi connectivity index (χ3v) is 3.26. The van der Waals surface area contributed by atoms with E-state index in [1.54, 1.807) is 0 Å². The monoisotopic (exact) mass is 249 g/mol. The lowest BCUT2D eigenvalue weighted by molar-refractivity contribution is -0.384. The van der Waals surface area contributed by atoms with Crippen molar-refractivity contribution in [3.05, 3.63) is 34.4 Å². The lowest BCUT2D eigenvalue weighted by Crippen LogP contribution is -2.15. The Kier molecular flexibility index (Phi) is 3.92. The summed E-state index contributed by atoms with van der Waals surface area (Å²) in [7, 11) is 0. The van der Waals surface area contributed by atoms with Crippen molar-refractivity contribution in [3.8, 4) is 5.75 Å². The van der Waals surface area contributed by atoms with Crippen LogP contribution in [0.4, 0.5) is 5.69 Å². The van der Waals surface area contributed by atoms with Crippen molar-refractivity contribution in [2.75, 3.05) is 0 Å². The van der Waals surface area contributed by atoms with E-state index in [9.17, 15) is 14.9 Å². The van der Waals surface area contributed by atoms with E-state index in [-0.39, 0.29) is 11.7 Å². The molecule has 1 saturated carbocycles. The third-order valence-electron chi connectivity index (χ3n) is 3.26. The SMILES string of the molecule is O=C(CCC1CCC1)Oc1ccc([N+](=O)[O-])cc1. The zero-order valence-corrected chi connectivity index (χ0v) is 10.0. The second-order valence-corrected chi connectivity index (χ2v) is 4.56. The van der Waals surface area contributed by atoms with Crippen LogP contribution in [0.1, 0.15) is 32.1 Å². The highest BCUT2D eigenvalue weighted by Crippen LogP contribution is 2.30. The maximum atomic E-state index is 11.5. The van der Waals surface area contributed by atoms with E-state index in [0.29, 0.717) is 18.1 Å². The van der Waals surface area contributed by atoms with E-state index in [1.807, 2.05) is 0 Å². The number of carbonyl (C=O) groups excluding carboxylic acids is 1. The minimum absolute atomic E-state index is 0.00994. The van der Waals surface area contributed by atoms with Gasteiger partial charge >= 0.3 is 5.97 Å². The smallest absolute Gasteiger partial charge is 0.311 e. The zero-order chi connectivity index (χ0) is 13.0. The fourth-order valence-electron chi connectivity index (χ4n) is 1.92. The number of rotatable bonds is 5. The summed E-state index contributed by atoms with van der Waals surface area (Å²) in [5, 5.41) is 10.4. The first-order valence-electron chi connectivity index (χ1n) is 6.10. The lowest BCUT2D eigenvalue weighted by atomic mass is 9.82. The minimum atomic E-state index is -0.484. The molecule has 18 heavy (non-hydrogen) atoms. The number of nitro benzene ring substituents is 1. The van der Waals surface area contributed by atoms with Gasteiger partial charge in [0.25, 0.3) is 5.69 Å². The third kappa shape index (κ3) is 3.29. The Morgan fingerprint density at radius 3 is 2.50 bits per heavy atom. The molecule has 0 bridgehead atoms. The average Bonchev–Trinajstić information content (AvgIpc) is 2.27. The Balaban J connectivity index is 1.80. The van der Waals surface area contributed by atoms with Gasteiger partial charge in [0.15, 0.2) is 0 Å². The van der Waals surface area contributed by atoms with Gasteiger partial charge in [0.2, 0.25) is 0 Å². The molecule has 0 spiro atoms. The van der Waals surface area contributed by atoms with Gasteiger partial charge in [0, 0.05) is 18.6 Å². The molecule has 0 unspecified atom stereocenters. The molecule has 0 heterocycles. The number of nitro groups is 1. The molecule has 1 aliphatic carbocycles. The van der Waals surface area contributed by atoms with Crippen molar-refractivity contribution in [1.82, 2.24) is 0 Å². The molecule has 5 heteroatoms. The number of hydrogen-bond acceptors (Lipinski definition) is 4. The summed E-state index contributed by atoms with van der Waals surface area (Å²) in [5.74, 6) is 0.768. The molecule has 5 nitrogen and oxygen atoms in total. The maximum absolute atomic E-state index is 11.5. The number of carbonyl (C=O) groups is 1. The lowest BCUT2D eigenvalue weighted by Gasteiger charge is -2.24. The van der Waals surface area contributed by atoms with Crippen LogP contribution >= 0.6 is 0 Å². The van der Waals surface area contributed by atoms with Gasteiger partial charge in [0.05, 0.1) is 4.92 Å². The Morgan fingerprint density at radius 1 is 1.33 bits per heavy atom. The number of benzene rings is 1. The molecule has 0 aromatic heterocycles. The normalized spacial score (nSPS) is 14.9. The predicted octanol–water partition coefficient (Wildman–Crippen LogP) is 3.08. The van der Waals surface area contributed by atoms with Gasteiger partial charge in [0.1, 0.15) is 5.75 Å². The first kappa shape index (κ1) is 12.5. The second-order valence-electron chi connectivity index (χ2n) is 4.56. The predicted molar refractivity (Wildman–Crippen MR) is 65.3 cm³/mol. The highest BCUT2D eigenvalue weighted by Gasteiger charge is 2.19. The van der Waals surface area contributed by atoms with Crippen molar-refractivity contribution in [2.24, 2.45) is 5.92 Å². The van der Waals surface area contributed by atoms with Gasteiger partial charge < -0.3 is 4.74 Å². The van der Waals surface area contributed by atoms with Crippen LogP contribution in [0.15, 0.2) is 24.3 Å². The molecule has 96 valence electrons. The fourth-order valence-corrected chi connectivity index (χ4v) is 1.92. The van der Waals surface area contributed by atoms with Gasteiger partial charge in [-0.1, -0.05) is 19.3 Å². The largest absolute Gasteiger partial charge is 0.427 e. The van der Waals surface area contributed by atoms with Crippen molar-refractivity contribution < 1.29 is 14.5 Å². The molecule has 0 saturated heterocycles. The molecule has 0 radical (unpaired) electrons. The highest BCUT2D eigenvalue weighted by molar-refractivity contribution is 5.72. The molecule has 1 aromatic rings. The molecule has 1 aliphatic rings. The van der Waals surface area contributed by atoms with Crippen LogP contribution in [0.3, 0.4) is 0 Å². The van der Waals surface area contributed by atoms with Gasteiger partial charge in [-0.15, -0.1) is 0 Å². The molecular weight excluding hydrogens is 234 g/mol. The van der Waals surface area contributed by atoms with Gasteiger partial charge in [-0.05, 0) is 24.5 Å². The summed E-state index contributed by atoms with van der Waals surface area (Å²) in [6.07, 6.45) is 4.99. The van der Waals surface area contributed by atoms with Crippen LogP contribution in [0.25, 0.3) is 0 Å². The molecule has 1 fully saturated rings. The standard InChI is InChI=1S/C13H15NO4/c15-13(9-4-10-2-1-3-10)18-12-7-5-11(6-8-12)14(16)17/h5-8,10H,1-4,9H2. The van der Waals surface area contributed by atoms with Crippen LogP contribution in [0.2, 0.25) is 0 Å². The summed E-state index contributed by atoms with van der Waals surface area (Å²) in [6, 6.07) is 5.54. The van der Waals surface area contributed by atoms with Crippen molar-refractivity contribution in [1.29, 1.82) is 0 Å². The van der Waals surface area contributed by atoms with Crippen LogP contribution in [0, 0.1) is 16.0 Å². The van der Waals surface area contributed by atoms with E-state index in [0.717, 1.165) is 6.42 Å². The van der Waals surface area contributed by atoms with Crippen LogP contribution in [-0.2, 0) is 4.79 Å². The molecule has 0 N–H and O–H groups in total. The molecule has 0 amide bonds. The van der Waals surface area contributed by atoms with E-state index in [2.05, 4.69) is 0 Å². The van der Waals surface area contributed by atoms with Gasteiger partial charge in [-0.2, -0.15) is 0 Å². The van der Waals surface area contributed by atoms with Crippen molar-refractivity contribution >= 4 is 11.7 Å². The molecule has 0 aliphatic heterocycles. The minimum Gasteiger partial charge on any atom is -0.427 e. The number of esters is 1. The second kappa shape index (κ2) is 5.62. The fraction of sp³-hybridized carbons (Fsp3) is 0.462. The van der Waals surface area contributed by atoms with Gasteiger partial charge in [-0.3, -0.25) is 14.9 Å². The maximum Gasteiger partial charge on any atom is 0.311 e.